The Balaban J connectivity index is 3.24. The van der Waals surface area contributed by atoms with Gasteiger partial charge in [-0.1, -0.05) is 40.3 Å². The third kappa shape index (κ3) is 1.87. The molecule has 0 spiro atoms. The zero-order valence-corrected chi connectivity index (χ0v) is 9.42. The molecule has 0 unspecified atom stereocenters. The molecule has 0 aliphatic heterocycles. The van der Waals surface area contributed by atoms with Crippen molar-refractivity contribution >= 4 is 5.78 Å². The number of allylic oxidation sites excluding steroid dienone is 5. The molecule has 0 bridgehead atoms. The van der Waals surface area contributed by atoms with E-state index in [2.05, 4.69) is 34.3 Å². The maximum Gasteiger partial charge on any atom is 0.185 e. The fourth-order valence-corrected chi connectivity index (χ4v) is 1.85. The van der Waals surface area contributed by atoms with Crippen molar-refractivity contribution in [3.63, 3.8) is 0 Å². The fourth-order valence-electron chi connectivity index (χ4n) is 1.85. The Hall–Kier alpha value is -1.11. The van der Waals surface area contributed by atoms with Gasteiger partial charge in [-0.3, -0.25) is 4.79 Å². The summed E-state index contributed by atoms with van der Waals surface area (Å²) < 4.78 is 0. The lowest BCUT2D eigenvalue weighted by Gasteiger charge is -2.22. The van der Waals surface area contributed by atoms with Crippen molar-refractivity contribution in [3.8, 4) is 0 Å². The predicted octanol–water partition coefficient (Wildman–Crippen LogP) is 3.29. The minimum Gasteiger partial charge on any atom is -0.289 e. The molecule has 76 valence electrons. The quantitative estimate of drug-likeness (QED) is 0.611. The molecule has 0 N–H and O–H groups in total. The van der Waals surface area contributed by atoms with Crippen molar-refractivity contribution < 1.29 is 4.79 Å². The minimum atomic E-state index is 0.0538. The molecule has 1 heteroatoms. The fraction of sp³-hybridized carbons (Fsp3) is 0.462. The second-order valence-electron chi connectivity index (χ2n) is 4.35. The first-order valence-electron chi connectivity index (χ1n) is 5.11. The highest BCUT2D eigenvalue weighted by atomic mass is 16.1. The van der Waals surface area contributed by atoms with E-state index in [-0.39, 0.29) is 5.78 Å². The summed E-state index contributed by atoms with van der Waals surface area (Å²) in [5.74, 6) is 0.875. The molecular formula is C13H18O. The van der Waals surface area contributed by atoms with E-state index >= 15 is 0 Å². The zero-order chi connectivity index (χ0) is 10.9. The molecule has 1 aliphatic carbocycles. The summed E-state index contributed by atoms with van der Waals surface area (Å²) >= 11 is 0. The van der Waals surface area contributed by atoms with Gasteiger partial charge in [-0.05, 0) is 29.1 Å². The summed E-state index contributed by atoms with van der Waals surface area (Å²) in [7, 11) is 0. The Morgan fingerprint density at radius 1 is 1.07 bits per heavy atom. The molecular weight excluding hydrogens is 172 g/mol. The summed E-state index contributed by atoms with van der Waals surface area (Å²) in [4.78, 5) is 11.5. The van der Waals surface area contributed by atoms with Crippen LogP contribution in [-0.4, -0.2) is 5.78 Å². The van der Waals surface area contributed by atoms with E-state index in [0.29, 0.717) is 17.4 Å². The van der Waals surface area contributed by atoms with E-state index in [4.69, 9.17) is 0 Å². The van der Waals surface area contributed by atoms with Gasteiger partial charge in [0.1, 0.15) is 0 Å². The molecule has 0 saturated heterocycles. The molecule has 0 atom stereocenters. The van der Waals surface area contributed by atoms with E-state index in [9.17, 15) is 4.79 Å². The van der Waals surface area contributed by atoms with Gasteiger partial charge < -0.3 is 0 Å². The van der Waals surface area contributed by atoms with Crippen molar-refractivity contribution in [1.82, 2.24) is 0 Å². The molecule has 0 amide bonds. The lowest BCUT2D eigenvalue weighted by molar-refractivity contribution is -0.111. The Kier molecular flexibility index (Phi) is 3.10. The molecule has 0 heterocycles. The van der Waals surface area contributed by atoms with Crippen LogP contribution in [0.1, 0.15) is 27.7 Å². The smallest absolute Gasteiger partial charge is 0.185 e. The normalized spacial score (nSPS) is 17.6. The average molecular weight is 190 g/mol. The van der Waals surface area contributed by atoms with Crippen LogP contribution in [0.3, 0.4) is 0 Å². The van der Waals surface area contributed by atoms with Crippen LogP contribution in [0.4, 0.5) is 0 Å². The van der Waals surface area contributed by atoms with Crippen molar-refractivity contribution in [2.75, 3.05) is 0 Å². The molecule has 0 aromatic carbocycles. The first-order chi connectivity index (χ1) is 6.45. The second kappa shape index (κ2) is 3.95. The van der Waals surface area contributed by atoms with Crippen LogP contribution in [0.25, 0.3) is 0 Å². The molecule has 14 heavy (non-hydrogen) atoms. The van der Waals surface area contributed by atoms with Gasteiger partial charge in [0.2, 0.25) is 0 Å². The second-order valence-corrected chi connectivity index (χ2v) is 4.35. The van der Waals surface area contributed by atoms with Gasteiger partial charge in [-0.2, -0.15) is 0 Å². The van der Waals surface area contributed by atoms with E-state index in [0.717, 1.165) is 5.57 Å². The van der Waals surface area contributed by atoms with Gasteiger partial charge in [0.15, 0.2) is 5.78 Å². The number of rotatable bonds is 2. The van der Waals surface area contributed by atoms with Gasteiger partial charge in [-0.25, -0.2) is 0 Å². The Morgan fingerprint density at radius 2 is 1.64 bits per heavy atom. The Morgan fingerprint density at radius 3 is 2.07 bits per heavy atom. The van der Waals surface area contributed by atoms with Gasteiger partial charge >= 0.3 is 0 Å². The lowest BCUT2D eigenvalue weighted by Crippen LogP contribution is -2.14. The van der Waals surface area contributed by atoms with Gasteiger partial charge in [0.05, 0.1) is 0 Å². The molecule has 0 aromatic rings. The summed E-state index contributed by atoms with van der Waals surface area (Å²) in [5, 5.41) is 0. The van der Waals surface area contributed by atoms with Crippen molar-refractivity contribution in [3.05, 3.63) is 35.5 Å². The van der Waals surface area contributed by atoms with Crippen molar-refractivity contribution in [2.45, 2.75) is 27.7 Å². The van der Waals surface area contributed by atoms with Crippen molar-refractivity contribution in [1.29, 1.82) is 0 Å². The van der Waals surface area contributed by atoms with E-state index < -0.39 is 0 Å². The van der Waals surface area contributed by atoms with E-state index in [1.54, 1.807) is 6.08 Å². The molecule has 0 saturated carbocycles. The Labute approximate surface area is 86.2 Å². The summed E-state index contributed by atoms with van der Waals surface area (Å²) in [6.07, 6.45) is 3.57. The molecule has 0 radical (unpaired) electrons. The molecule has 1 nitrogen and oxygen atoms in total. The van der Waals surface area contributed by atoms with Gasteiger partial charge in [0, 0.05) is 5.57 Å². The largest absolute Gasteiger partial charge is 0.289 e. The highest BCUT2D eigenvalue weighted by Crippen LogP contribution is 2.31. The molecule has 1 rings (SSSR count). The lowest BCUT2D eigenvalue weighted by atomic mass is 9.81. The van der Waals surface area contributed by atoms with Crippen LogP contribution in [-0.2, 0) is 4.79 Å². The highest BCUT2D eigenvalue weighted by molar-refractivity contribution is 6.08. The van der Waals surface area contributed by atoms with Crippen LogP contribution in [0.2, 0.25) is 0 Å². The third-order valence-corrected chi connectivity index (χ3v) is 2.55. The maximum atomic E-state index is 11.5. The molecule has 0 aromatic heterocycles. The van der Waals surface area contributed by atoms with Crippen LogP contribution in [0.5, 0.6) is 0 Å². The number of hydrogen-bond acceptors (Lipinski definition) is 1. The van der Waals surface area contributed by atoms with E-state index in [1.165, 1.54) is 5.57 Å². The SMILES string of the molecule is C=C1C(=O)C=CC(C(C)C)=C1C(C)C. The first kappa shape index (κ1) is 11.0. The third-order valence-electron chi connectivity index (χ3n) is 2.55. The number of hydrogen-bond donors (Lipinski definition) is 0. The highest BCUT2D eigenvalue weighted by Gasteiger charge is 2.21. The van der Waals surface area contributed by atoms with Crippen LogP contribution >= 0.6 is 0 Å². The number of ketones is 1. The number of carbonyl (C=O) groups excluding carboxylic acids is 1. The monoisotopic (exact) mass is 190 g/mol. The summed E-state index contributed by atoms with van der Waals surface area (Å²) in [5.41, 5.74) is 3.06. The molecule has 0 fully saturated rings. The standard InChI is InChI=1S/C13H18O/c1-8(2)11-6-7-12(14)10(5)13(11)9(3)4/h6-9H,5H2,1-4H3. The zero-order valence-electron chi connectivity index (χ0n) is 9.42. The predicted molar refractivity (Wildman–Crippen MR) is 60.0 cm³/mol. The van der Waals surface area contributed by atoms with Gasteiger partial charge in [0.25, 0.3) is 0 Å². The van der Waals surface area contributed by atoms with Crippen LogP contribution < -0.4 is 0 Å². The Bertz CT molecular complexity index is 327. The van der Waals surface area contributed by atoms with Gasteiger partial charge in [-0.15, -0.1) is 0 Å². The topological polar surface area (TPSA) is 17.1 Å². The van der Waals surface area contributed by atoms with E-state index in [1.807, 2.05) is 6.08 Å². The summed E-state index contributed by atoms with van der Waals surface area (Å²) in [6.45, 7) is 12.4. The first-order valence-corrected chi connectivity index (χ1v) is 5.11. The average Bonchev–Trinajstić information content (AvgIpc) is 2.08. The molecule has 1 aliphatic rings. The van der Waals surface area contributed by atoms with Crippen LogP contribution in [0.15, 0.2) is 35.5 Å². The van der Waals surface area contributed by atoms with Crippen molar-refractivity contribution in [2.24, 2.45) is 11.8 Å². The number of carbonyl (C=O) groups is 1. The minimum absolute atomic E-state index is 0.0538. The van der Waals surface area contributed by atoms with Crippen LogP contribution in [0, 0.1) is 11.8 Å². The summed E-state index contributed by atoms with van der Waals surface area (Å²) in [6, 6.07) is 0. The maximum absolute atomic E-state index is 11.5.